The number of aromatic hydroxyl groups is 1. The highest BCUT2D eigenvalue weighted by atomic mass is 35.5. The smallest absolute Gasteiger partial charge is 0.255 e. The molecule has 0 spiro atoms. The van der Waals surface area contributed by atoms with E-state index in [0.717, 1.165) is 19.4 Å². The van der Waals surface area contributed by atoms with Gasteiger partial charge in [0, 0.05) is 19.6 Å². The minimum absolute atomic E-state index is 0.0511. The van der Waals surface area contributed by atoms with Crippen molar-refractivity contribution in [1.29, 1.82) is 0 Å². The van der Waals surface area contributed by atoms with Crippen molar-refractivity contribution in [2.24, 2.45) is 0 Å². The van der Waals surface area contributed by atoms with Gasteiger partial charge in [-0.05, 0) is 37.6 Å². The third-order valence-corrected chi connectivity index (χ3v) is 3.51. The van der Waals surface area contributed by atoms with Crippen molar-refractivity contribution in [3.05, 3.63) is 28.8 Å². The summed E-state index contributed by atoms with van der Waals surface area (Å²) in [5.74, 6) is -0.111. The maximum absolute atomic E-state index is 12.2. The summed E-state index contributed by atoms with van der Waals surface area (Å²) in [6.07, 6.45) is 2.24. The molecule has 1 fully saturated rings. The van der Waals surface area contributed by atoms with E-state index in [-0.39, 0.29) is 11.7 Å². The second kappa shape index (κ2) is 5.59. The van der Waals surface area contributed by atoms with Gasteiger partial charge in [0.15, 0.2) is 0 Å². The molecule has 1 aromatic carbocycles. The van der Waals surface area contributed by atoms with E-state index in [1.54, 1.807) is 11.9 Å². The van der Waals surface area contributed by atoms with Gasteiger partial charge < -0.3 is 15.3 Å². The summed E-state index contributed by atoms with van der Waals surface area (Å²) in [6, 6.07) is 4.77. The lowest BCUT2D eigenvalue weighted by molar-refractivity contribution is 0.0783. The normalized spacial score (nSPS) is 18.9. The Hall–Kier alpha value is -1.26. The third-order valence-electron chi connectivity index (χ3n) is 3.18. The summed E-state index contributed by atoms with van der Waals surface area (Å²) in [5, 5.41) is 13.1. The zero-order valence-electron chi connectivity index (χ0n) is 10.3. The maximum Gasteiger partial charge on any atom is 0.255 e. The van der Waals surface area contributed by atoms with Crippen molar-refractivity contribution in [2.45, 2.75) is 18.9 Å². The van der Waals surface area contributed by atoms with Crippen LogP contribution in [0, 0.1) is 0 Å². The van der Waals surface area contributed by atoms with E-state index in [0.29, 0.717) is 23.2 Å². The van der Waals surface area contributed by atoms with Crippen molar-refractivity contribution in [2.75, 3.05) is 20.1 Å². The number of phenolic OH excluding ortho intramolecular Hbond substituents is 1. The number of carbonyl (C=O) groups is 1. The Kier molecular flexibility index (Phi) is 4.09. The highest BCUT2D eigenvalue weighted by molar-refractivity contribution is 6.33. The van der Waals surface area contributed by atoms with Gasteiger partial charge in [-0.1, -0.05) is 11.6 Å². The van der Waals surface area contributed by atoms with Crippen LogP contribution in [0.4, 0.5) is 0 Å². The average Bonchev–Trinajstić information content (AvgIpc) is 2.84. The standard InChI is InChI=1S/C13H17ClN2O2/c1-16(8-9-3-2-6-15-9)13(18)11-7-10(17)4-5-12(11)14/h4-5,7,9,15,17H,2-3,6,8H2,1H3. The predicted octanol–water partition coefficient (Wildman–Crippen LogP) is 1.87. The number of halogens is 1. The average molecular weight is 269 g/mol. The number of rotatable bonds is 3. The number of nitrogens with one attached hydrogen (secondary N) is 1. The van der Waals surface area contributed by atoms with Gasteiger partial charge in [0.25, 0.3) is 5.91 Å². The van der Waals surface area contributed by atoms with Crippen LogP contribution in [0.1, 0.15) is 23.2 Å². The molecule has 2 rings (SSSR count). The first-order valence-electron chi connectivity index (χ1n) is 6.05. The van der Waals surface area contributed by atoms with Gasteiger partial charge >= 0.3 is 0 Å². The van der Waals surface area contributed by atoms with Crippen LogP contribution in [0.15, 0.2) is 18.2 Å². The summed E-state index contributed by atoms with van der Waals surface area (Å²) < 4.78 is 0. The lowest BCUT2D eigenvalue weighted by Crippen LogP contribution is -2.38. The molecule has 0 saturated carbocycles. The van der Waals surface area contributed by atoms with E-state index in [1.165, 1.54) is 18.2 Å². The molecule has 1 aliphatic heterocycles. The number of hydrogen-bond donors (Lipinski definition) is 2. The Morgan fingerprint density at radius 1 is 1.61 bits per heavy atom. The van der Waals surface area contributed by atoms with Gasteiger partial charge in [-0.15, -0.1) is 0 Å². The number of likely N-dealkylation sites (N-methyl/N-ethyl adjacent to an activating group) is 1. The van der Waals surface area contributed by atoms with Crippen LogP contribution < -0.4 is 5.32 Å². The van der Waals surface area contributed by atoms with E-state index in [1.807, 2.05) is 0 Å². The molecule has 4 nitrogen and oxygen atoms in total. The zero-order chi connectivity index (χ0) is 13.1. The zero-order valence-corrected chi connectivity index (χ0v) is 11.1. The van der Waals surface area contributed by atoms with Gasteiger partial charge in [0.2, 0.25) is 0 Å². The lowest BCUT2D eigenvalue weighted by Gasteiger charge is -2.22. The van der Waals surface area contributed by atoms with Gasteiger partial charge in [-0.25, -0.2) is 0 Å². The van der Waals surface area contributed by atoms with E-state index in [9.17, 15) is 9.90 Å². The molecule has 1 atom stereocenters. The molecule has 2 N–H and O–H groups in total. The first kappa shape index (κ1) is 13.2. The minimum Gasteiger partial charge on any atom is -0.508 e. The van der Waals surface area contributed by atoms with Crippen molar-refractivity contribution < 1.29 is 9.90 Å². The maximum atomic E-state index is 12.2. The van der Waals surface area contributed by atoms with E-state index >= 15 is 0 Å². The van der Waals surface area contributed by atoms with Crippen LogP contribution in [0.2, 0.25) is 5.02 Å². The number of amides is 1. The van der Waals surface area contributed by atoms with Crippen LogP contribution in [0.3, 0.4) is 0 Å². The number of phenols is 1. The first-order valence-corrected chi connectivity index (χ1v) is 6.43. The molecule has 1 aromatic rings. The van der Waals surface area contributed by atoms with Gasteiger partial charge in [0.1, 0.15) is 5.75 Å². The minimum atomic E-state index is -0.162. The molecule has 1 amide bonds. The highest BCUT2D eigenvalue weighted by Crippen LogP contribution is 2.22. The lowest BCUT2D eigenvalue weighted by atomic mass is 10.1. The molecule has 1 heterocycles. The van der Waals surface area contributed by atoms with E-state index < -0.39 is 0 Å². The fourth-order valence-electron chi connectivity index (χ4n) is 2.21. The van der Waals surface area contributed by atoms with E-state index in [2.05, 4.69) is 5.32 Å². The Morgan fingerprint density at radius 2 is 2.39 bits per heavy atom. The Balaban J connectivity index is 2.07. The molecule has 98 valence electrons. The fourth-order valence-corrected chi connectivity index (χ4v) is 2.41. The van der Waals surface area contributed by atoms with Gasteiger partial charge in [0.05, 0.1) is 10.6 Å². The van der Waals surface area contributed by atoms with Crippen molar-refractivity contribution >= 4 is 17.5 Å². The molecule has 1 aliphatic rings. The highest BCUT2D eigenvalue weighted by Gasteiger charge is 2.21. The molecule has 0 radical (unpaired) electrons. The second-order valence-electron chi connectivity index (χ2n) is 4.64. The summed E-state index contributed by atoms with van der Waals surface area (Å²) in [4.78, 5) is 13.9. The topological polar surface area (TPSA) is 52.6 Å². The molecule has 1 saturated heterocycles. The third kappa shape index (κ3) is 2.94. The number of benzene rings is 1. The van der Waals surface area contributed by atoms with Crippen LogP contribution in [-0.4, -0.2) is 42.1 Å². The summed E-state index contributed by atoms with van der Waals surface area (Å²) >= 11 is 5.98. The van der Waals surface area contributed by atoms with Crippen LogP contribution in [0.5, 0.6) is 5.75 Å². The summed E-state index contributed by atoms with van der Waals surface area (Å²) in [6.45, 7) is 1.67. The van der Waals surface area contributed by atoms with Crippen LogP contribution >= 0.6 is 11.6 Å². The second-order valence-corrected chi connectivity index (χ2v) is 5.05. The number of carbonyl (C=O) groups excluding carboxylic acids is 1. The van der Waals surface area contributed by atoms with Crippen molar-refractivity contribution in [3.63, 3.8) is 0 Å². The summed E-state index contributed by atoms with van der Waals surface area (Å²) in [7, 11) is 1.75. The molecule has 5 heteroatoms. The molecular formula is C13H17ClN2O2. The largest absolute Gasteiger partial charge is 0.508 e. The molecule has 0 aliphatic carbocycles. The number of nitrogens with zero attached hydrogens (tertiary/aromatic N) is 1. The Bertz CT molecular complexity index is 445. The monoisotopic (exact) mass is 268 g/mol. The fraction of sp³-hybridized carbons (Fsp3) is 0.462. The van der Waals surface area contributed by atoms with Crippen LogP contribution in [-0.2, 0) is 0 Å². The molecular weight excluding hydrogens is 252 g/mol. The Morgan fingerprint density at radius 3 is 3.06 bits per heavy atom. The SMILES string of the molecule is CN(CC1CCCN1)C(=O)c1cc(O)ccc1Cl. The van der Waals surface area contributed by atoms with Crippen LogP contribution in [0.25, 0.3) is 0 Å². The molecule has 1 unspecified atom stereocenters. The van der Waals surface area contributed by atoms with Gasteiger partial charge in [-0.3, -0.25) is 4.79 Å². The molecule has 0 bridgehead atoms. The number of hydrogen-bond acceptors (Lipinski definition) is 3. The van der Waals surface area contributed by atoms with Crippen molar-refractivity contribution in [1.82, 2.24) is 10.2 Å². The molecule has 18 heavy (non-hydrogen) atoms. The van der Waals surface area contributed by atoms with Crippen molar-refractivity contribution in [3.8, 4) is 5.75 Å². The summed E-state index contributed by atoms with van der Waals surface area (Å²) in [5.41, 5.74) is 0.345. The first-order chi connectivity index (χ1) is 8.58. The quantitative estimate of drug-likeness (QED) is 0.880. The predicted molar refractivity (Wildman–Crippen MR) is 71.1 cm³/mol. The molecule has 0 aromatic heterocycles. The Labute approximate surface area is 112 Å². The van der Waals surface area contributed by atoms with Gasteiger partial charge in [-0.2, -0.15) is 0 Å². The van der Waals surface area contributed by atoms with E-state index in [4.69, 9.17) is 11.6 Å².